The normalized spacial score (nSPS) is 14.9. The van der Waals surface area contributed by atoms with Crippen molar-refractivity contribution in [3.8, 4) is 5.75 Å². The van der Waals surface area contributed by atoms with Gasteiger partial charge in [0.05, 0.1) is 30.3 Å². The fourth-order valence-electron chi connectivity index (χ4n) is 4.78. The topological polar surface area (TPSA) is 79.0 Å². The van der Waals surface area contributed by atoms with Gasteiger partial charge in [-0.25, -0.2) is 8.42 Å². The summed E-state index contributed by atoms with van der Waals surface area (Å²) >= 11 is 0. The molecule has 0 saturated carbocycles. The predicted octanol–water partition coefficient (Wildman–Crippen LogP) is 5.03. The van der Waals surface area contributed by atoms with Crippen molar-refractivity contribution in [1.29, 1.82) is 0 Å². The first-order valence-electron chi connectivity index (χ1n) is 12.9. The highest BCUT2D eigenvalue weighted by atomic mass is 32.2. The summed E-state index contributed by atoms with van der Waals surface area (Å²) in [5.41, 5.74) is 1.93. The molecule has 38 heavy (non-hydrogen) atoms. The van der Waals surface area contributed by atoms with Crippen LogP contribution in [0.4, 0.5) is 5.69 Å². The van der Waals surface area contributed by atoms with Crippen LogP contribution in [0.25, 0.3) is 0 Å². The highest BCUT2D eigenvalue weighted by Gasteiger charge is 2.26. The van der Waals surface area contributed by atoms with Gasteiger partial charge in [0.2, 0.25) is 0 Å². The van der Waals surface area contributed by atoms with E-state index in [0.717, 1.165) is 37.2 Å². The van der Waals surface area contributed by atoms with E-state index in [2.05, 4.69) is 16.8 Å². The second-order valence-corrected chi connectivity index (χ2v) is 11.1. The summed E-state index contributed by atoms with van der Waals surface area (Å²) in [7, 11) is -2.27. The maximum atomic E-state index is 13.5. The summed E-state index contributed by atoms with van der Waals surface area (Å²) in [6, 6.07) is 23.0. The first-order chi connectivity index (χ1) is 18.4. The second-order valence-electron chi connectivity index (χ2n) is 9.28. The van der Waals surface area contributed by atoms with E-state index in [-0.39, 0.29) is 23.4 Å². The Balaban J connectivity index is 1.54. The smallest absolute Gasteiger partial charge is 0.264 e. The van der Waals surface area contributed by atoms with E-state index in [9.17, 15) is 13.2 Å². The van der Waals surface area contributed by atoms with Crippen LogP contribution >= 0.6 is 0 Å². The fourth-order valence-corrected chi connectivity index (χ4v) is 6.27. The molecule has 3 aromatic rings. The number of para-hydroxylation sites is 1. The second kappa shape index (κ2) is 12.8. The zero-order chi connectivity index (χ0) is 27.0. The molecule has 1 atom stereocenters. The molecule has 200 valence electrons. The van der Waals surface area contributed by atoms with Crippen molar-refractivity contribution in [2.45, 2.75) is 30.2 Å². The molecule has 1 amide bonds. The molecule has 0 bridgehead atoms. The van der Waals surface area contributed by atoms with Crippen LogP contribution in [0, 0.1) is 0 Å². The number of amides is 1. The zero-order valence-corrected chi connectivity index (χ0v) is 22.6. The lowest BCUT2D eigenvalue weighted by molar-refractivity contribution is 0.0924. The van der Waals surface area contributed by atoms with Gasteiger partial charge in [-0.3, -0.25) is 14.0 Å². The number of methoxy groups -OCH3 is 1. The van der Waals surface area contributed by atoms with Gasteiger partial charge in [-0.15, -0.1) is 6.58 Å². The number of nitrogens with zero attached hydrogens (tertiary/aromatic N) is 2. The molecule has 0 aromatic heterocycles. The van der Waals surface area contributed by atoms with Gasteiger partial charge in [-0.05, 0) is 74.0 Å². The molecule has 1 aliphatic heterocycles. The molecule has 3 aromatic carbocycles. The molecule has 1 saturated heterocycles. The lowest BCUT2D eigenvalue weighted by Crippen LogP contribution is -2.40. The molecule has 4 rings (SSSR count). The first kappa shape index (κ1) is 27.4. The number of carbonyl (C=O) groups is 1. The third kappa shape index (κ3) is 6.44. The van der Waals surface area contributed by atoms with E-state index < -0.39 is 10.0 Å². The molecule has 0 aliphatic carbocycles. The molecular formula is C30H35N3O4S. The van der Waals surface area contributed by atoms with Gasteiger partial charge in [-0.1, -0.05) is 48.9 Å². The van der Waals surface area contributed by atoms with Crippen LogP contribution in [-0.2, 0) is 10.0 Å². The Morgan fingerprint density at radius 1 is 1.03 bits per heavy atom. The summed E-state index contributed by atoms with van der Waals surface area (Å²) in [5.74, 6) is 0.474. The van der Waals surface area contributed by atoms with Crippen LogP contribution in [0.3, 0.4) is 0 Å². The largest absolute Gasteiger partial charge is 0.497 e. The van der Waals surface area contributed by atoms with Gasteiger partial charge in [0, 0.05) is 12.1 Å². The molecule has 7 nitrogen and oxygen atoms in total. The van der Waals surface area contributed by atoms with Crippen molar-refractivity contribution in [1.82, 2.24) is 10.2 Å². The molecular weight excluding hydrogens is 498 g/mol. The summed E-state index contributed by atoms with van der Waals surface area (Å²) in [4.78, 5) is 15.7. The Morgan fingerprint density at radius 2 is 1.74 bits per heavy atom. The van der Waals surface area contributed by atoms with Crippen LogP contribution in [-0.4, -0.2) is 52.5 Å². The fraction of sp³-hybridized carbons (Fsp3) is 0.300. The molecule has 1 N–H and O–H groups in total. The Hall–Kier alpha value is -3.62. The van der Waals surface area contributed by atoms with Gasteiger partial charge in [0.1, 0.15) is 5.75 Å². The monoisotopic (exact) mass is 533 g/mol. The van der Waals surface area contributed by atoms with Gasteiger partial charge >= 0.3 is 0 Å². The van der Waals surface area contributed by atoms with Crippen LogP contribution in [0.15, 0.2) is 96.4 Å². The van der Waals surface area contributed by atoms with Crippen LogP contribution < -0.4 is 14.4 Å². The van der Waals surface area contributed by atoms with E-state index in [1.807, 2.05) is 30.3 Å². The molecule has 1 aliphatic rings. The van der Waals surface area contributed by atoms with E-state index in [1.165, 1.54) is 22.9 Å². The van der Waals surface area contributed by atoms with Gasteiger partial charge in [-0.2, -0.15) is 0 Å². The van der Waals surface area contributed by atoms with Crippen LogP contribution in [0.2, 0.25) is 0 Å². The summed E-state index contributed by atoms with van der Waals surface area (Å²) in [5, 5.41) is 3.05. The number of carbonyl (C=O) groups excluding carboxylic acids is 1. The summed E-state index contributed by atoms with van der Waals surface area (Å²) in [6.45, 7) is 6.18. The van der Waals surface area contributed by atoms with Crippen molar-refractivity contribution in [2.24, 2.45) is 0 Å². The third-order valence-electron chi connectivity index (χ3n) is 6.81. The van der Waals surface area contributed by atoms with Gasteiger partial charge in [0.25, 0.3) is 15.9 Å². The Morgan fingerprint density at radius 3 is 2.39 bits per heavy atom. The van der Waals surface area contributed by atoms with E-state index in [0.29, 0.717) is 17.8 Å². The number of hydrogen-bond acceptors (Lipinski definition) is 5. The maximum absolute atomic E-state index is 13.5. The maximum Gasteiger partial charge on any atom is 0.264 e. The molecule has 0 spiro atoms. The lowest BCUT2D eigenvalue weighted by atomic mass is 10.0. The third-order valence-corrected chi connectivity index (χ3v) is 8.60. The minimum Gasteiger partial charge on any atom is -0.497 e. The molecule has 8 heteroatoms. The minimum atomic E-state index is -3.91. The predicted molar refractivity (Wildman–Crippen MR) is 151 cm³/mol. The van der Waals surface area contributed by atoms with Crippen molar-refractivity contribution in [2.75, 3.05) is 37.6 Å². The average molecular weight is 534 g/mol. The summed E-state index contributed by atoms with van der Waals surface area (Å²) in [6.07, 6.45) is 5.01. The molecule has 1 fully saturated rings. The zero-order valence-electron chi connectivity index (χ0n) is 21.8. The quantitative estimate of drug-likeness (QED) is 0.350. The average Bonchev–Trinajstić information content (AvgIpc) is 2.97. The number of nitrogens with one attached hydrogen (secondary N) is 1. The first-order valence-corrected chi connectivity index (χ1v) is 14.3. The summed E-state index contributed by atoms with van der Waals surface area (Å²) < 4.78 is 33.7. The number of ether oxygens (including phenoxy) is 1. The van der Waals surface area contributed by atoms with Crippen molar-refractivity contribution in [3.63, 3.8) is 0 Å². The van der Waals surface area contributed by atoms with E-state index in [4.69, 9.17) is 4.74 Å². The number of anilines is 1. The number of likely N-dealkylation sites (tertiary alicyclic amines) is 1. The van der Waals surface area contributed by atoms with E-state index in [1.54, 1.807) is 49.6 Å². The van der Waals surface area contributed by atoms with Crippen molar-refractivity contribution >= 4 is 21.6 Å². The van der Waals surface area contributed by atoms with Gasteiger partial charge < -0.3 is 10.1 Å². The minimum absolute atomic E-state index is 0.0123. The Bertz CT molecular complexity index is 1320. The van der Waals surface area contributed by atoms with Gasteiger partial charge in [0.15, 0.2) is 0 Å². The number of piperidine rings is 1. The Kier molecular flexibility index (Phi) is 9.20. The number of hydrogen-bond donors (Lipinski definition) is 1. The number of sulfonamides is 1. The van der Waals surface area contributed by atoms with Crippen molar-refractivity contribution in [3.05, 3.63) is 103 Å². The molecule has 1 heterocycles. The highest BCUT2D eigenvalue weighted by Crippen LogP contribution is 2.27. The van der Waals surface area contributed by atoms with Crippen LogP contribution in [0.5, 0.6) is 5.75 Å². The van der Waals surface area contributed by atoms with E-state index >= 15 is 0 Å². The molecule has 0 radical (unpaired) electrons. The highest BCUT2D eigenvalue weighted by molar-refractivity contribution is 7.92. The van der Waals surface area contributed by atoms with Crippen molar-refractivity contribution < 1.29 is 17.9 Å². The standard InChI is InChI=1S/C30H35N3O4S/c1-3-19-33(26-12-6-4-7-13-26)38(35,36)28-14-10-11-25(22-28)30(34)31-23-29(32-20-8-5-9-21-32)24-15-17-27(37-2)18-16-24/h3-4,6-7,10-18,22,29H,1,5,8-9,19-21,23H2,2H3,(H,31,34)/t29-/m0/s1. The van der Waals surface area contributed by atoms with Crippen LogP contribution in [0.1, 0.15) is 41.2 Å². The SMILES string of the molecule is C=CCN(c1ccccc1)S(=O)(=O)c1cccc(C(=O)NC[C@@H](c2ccc(OC)cc2)N2CCCCC2)c1. The lowest BCUT2D eigenvalue weighted by Gasteiger charge is -2.35. The number of rotatable bonds is 11. The molecule has 0 unspecified atom stereocenters. The Labute approximate surface area is 225 Å². The number of benzene rings is 3.